The lowest BCUT2D eigenvalue weighted by molar-refractivity contribution is -0.119. The highest BCUT2D eigenvalue weighted by atomic mass is 35.5. The summed E-state index contributed by atoms with van der Waals surface area (Å²) in [6, 6.07) is 9.26. The summed E-state index contributed by atoms with van der Waals surface area (Å²) >= 11 is 12.5. The number of aromatic nitrogens is 2. The van der Waals surface area contributed by atoms with Crippen LogP contribution in [0.25, 0.3) is 0 Å². The van der Waals surface area contributed by atoms with Gasteiger partial charge in [0.1, 0.15) is 6.04 Å². The van der Waals surface area contributed by atoms with Crippen LogP contribution in [0, 0.1) is 13.8 Å². The fourth-order valence-corrected chi connectivity index (χ4v) is 3.88. The van der Waals surface area contributed by atoms with Gasteiger partial charge in [-0.25, -0.2) is 0 Å². The summed E-state index contributed by atoms with van der Waals surface area (Å²) in [7, 11) is 0. The van der Waals surface area contributed by atoms with Gasteiger partial charge in [0.2, 0.25) is 12.7 Å². The SMILES string of the molecule is Cc1cc(C)n(C(C)C(=O)Nc2ccc(NC(=O)c3cc(Cl)c4c(c3)OCO4)cc2Cl)n1. The third kappa shape index (κ3) is 4.37. The van der Waals surface area contributed by atoms with Crippen LogP contribution in [0.1, 0.15) is 34.7 Å². The molecule has 0 fully saturated rings. The lowest BCUT2D eigenvalue weighted by Crippen LogP contribution is -2.25. The molecule has 0 aliphatic carbocycles. The summed E-state index contributed by atoms with van der Waals surface area (Å²) in [6.45, 7) is 5.58. The summed E-state index contributed by atoms with van der Waals surface area (Å²) in [6.07, 6.45) is 0. The Bertz CT molecular complexity index is 1220. The molecule has 3 aromatic rings. The molecule has 0 radical (unpaired) electrons. The van der Waals surface area contributed by atoms with Gasteiger partial charge in [-0.3, -0.25) is 14.3 Å². The van der Waals surface area contributed by atoms with Crippen molar-refractivity contribution in [3.05, 3.63) is 63.4 Å². The Hall–Kier alpha value is -3.23. The third-order valence-electron chi connectivity index (χ3n) is 4.97. The highest BCUT2D eigenvalue weighted by Crippen LogP contribution is 2.40. The molecule has 4 rings (SSSR count). The Morgan fingerprint density at radius 1 is 1.06 bits per heavy atom. The molecule has 2 aromatic carbocycles. The highest BCUT2D eigenvalue weighted by molar-refractivity contribution is 6.34. The van der Waals surface area contributed by atoms with Gasteiger partial charge in [0, 0.05) is 16.9 Å². The predicted molar refractivity (Wildman–Crippen MR) is 122 cm³/mol. The topological polar surface area (TPSA) is 94.5 Å². The van der Waals surface area contributed by atoms with Crippen molar-refractivity contribution in [1.29, 1.82) is 0 Å². The van der Waals surface area contributed by atoms with E-state index in [9.17, 15) is 9.59 Å². The van der Waals surface area contributed by atoms with E-state index < -0.39 is 11.9 Å². The molecule has 1 aliphatic heterocycles. The summed E-state index contributed by atoms with van der Waals surface area (Å²) in [5.74, 6) is 0.178. The van der Waals surface area contributed by atoms with Crippen LogP contribution < -0.4 is 20.1 Å². The molecule has 0 bridgehead atoms. The number of anilines is 2. The van der Waals surface area contributed by atoms with Gasteiger partial charge in [-0.2, -0.15) is 5.10 Å². The van der Waals surface area contributed by atoms with Gasteiger partial charge < -0.3 is 20.1 Å². The molecule has 2 amide bonds. The number of nitrogens with zero attached hydrogens (tertiary/aromatic N) is 2. The van der Waals surface area contributed by atoms with Crippen molar-refractivity contribution >= 4 is 46.4 Å². The van der Waals surface area contributed by atoms with Gasteiger partial charge in [-0.15, -0.1) is 0 Å². The van der Waals surface area contributed by atoms with Crippen LogP contribution in [0.4, 0.5) is 11.4 Å². The average molecular weight is 475 g/mol. The van der Waals surface area contributed by atoms with Crippen LogP contribution in [0.15, 0.2) is 36.4 Å². The van der Waals surface area contributed by atoms with E-state index >= 15 is 0 Å². The molecule has 1 aromatic heterocycles. The first-order chi connectivity index (χ1) is 15.2. The third-order valence-corrected chi connectivity index (χ3v) is 5.56. The number of halogens is 2. The van der Waals surface area contributed by atoms with E-state index in [1.165, 1.54) is 6.07 Å². The summed E-state index contributed by atoms with van der Waals surface area (Å²) in [5.41, 5.74) is 2.92. The molecule has 166 valence electrons. The first kappa shape index (κ1) is 22.0. The molecular formula is C22H20Cl2N4O4. The summed E-state index contributed by atoms with van der Waals surface area (Å²) in [4.78, 5) is 25.3. The number of rotatable bonds is 5. The molecule has 0 saturated carbocycles. The normalized spacial score (nSPS) is 13.0. The van der Waals surface area contributed by atoms with Gasteiger partial charge >= 0.3 is 0 Å². The first-order valence-electron chi connectivity index (χ1n) is 9.76. The zero-order valence-electron chi connectivity index (χ0n) is 17.5. The van der Waals surface area contributed by atoms with Crippen LogP contribution in [0.2, 0.25) is 10.0 Å². The highest BCUT2D eigenvalue weighted by Gasteiger charge is 2.22. The predicted octanol–water partition coefficient (Wildman–Crippen LogP) is 4.99. The van der Waals surface area contributed by atoms with Crippen molar-refractivity contribution in [3.8, 4) is 11.5 Å². The minimum Gasteiger partial charge on any atom is -0.454 e. The Morgan fingerprint density at radius 2 is 1.84 bits per heavy atom. The second-order valence-electron chi connectivity index (χ2n) is 7.38. The number of amides is 2. The van der Waals surface area contributed by atoms with E-state index in [1.807, 2.05) is 19.9 Å². The smallest absolute Gasteiger partial charge is 0.255 e. The molecule has 1 aliphatic rings. The minimum atomic E-state index is -0.519. The van der Waals surface area contributed by atoms with Crippen LogP contribution >= 0.6 is 23.2 Å². The second kappa shape index (κ2) is 8.72. The van der Waals surface area contributed by atoms with E-state index in [0.717, 1.165) is 11.4 Å². The van der Waals surface area contributed by atoms with Crippen LogP contribution in [-0.2, 0) is 4.79 Å². The van der Waals surface area contributed by atoms with E-state index in [4.69, 9.17) is 32.7 Å². The fourth-order valence-electron chi connectivity index (χ4n) is 3.38. The van der Waals surface area contributed by atoms with Crippen molar-refractivity contribution in [3.63, 3.8) is 0 Å². The van der Waals surface area contributed by atoms with E-state index in [-0.39, 0.29) is 22.7 Å². The molecular weight excluding hydrogens is 455 g/mol. The van der Waals surface area contributed by atoms with Crippen LogP contribution in [-0.4, -0.2) is 28.4 Å². The number of aryl methyl sites for hydroxylation is 2. The number of hydrogen-bond donors (Lipinski definition) is 2. The summed E-state index contributed by atoms with van der Waals surface area (Å²) < 4.78 is 12.2. The van der Waals surface area contributed by atoms with Crippen LogP contribution in [0.5, 0.6) is 11.5 Å². The van der Waals surface area contributed by atoms with E-state index in [0.29, 0.717) is 28.4 Å². The van der Waals surface area contributed by atoms with Crippen LogP contribution in [0.3, 0.4) is 0 Å². The Balaban J connectivity index is 1.45. The second-order valence-corrected chi connectivity index (χ2v) is 8.19. The van der Waals surface area contributed by atoms with Gasteiger partial charge in [0.25, 0.3) is 5.91 Å². The van der Waals surface area contributed by atoms with Crippen molar-refractivity contribution in [2.24, 2.45) is 0 Å². The van der Waals surface area contributed by atoms with Crippen molar-refractivity contribution in [1.82, 2.24) is 9.78 Å². The summed E-state index contributed by atoms with van der Waals surface area (Å²) in [5, 5.41) is 10.5. The number of carbonyl (C=O) groups is 2. The zero-order valence-corrected chi connectivity index (χ0v) is 19.0. The fraction of sp³-hybridized carbons (Fsp3) is 0.227. The van der Waals surface area contributed by atoms with E-state index in [2.05, 4.69) is 15.7 Å². The first-order valence-corrected chi connectivity index (χ1v) is 10.5. The standard InChI is InChI=1S/C22H20Cl2N4O4/c1-11-6-12(2)28(27-11)13(3)21(29)26-18-5-4-15(9-16(18)23)25-22(30)14-7-17(24)20-19(8-14)31-10-32-20/h4-9,13H,10H2,1-3H3,(H,25,30)(H,26,29). The molecule has 8 nitrogen and oxygen atoms in total. The number of carbonyl (C=O) groups excluding carboxylic acids is 2. The number of benzene rings is 2. The maximum Gasteiger partial charge on any atom is 0.255 e. The zero-order chi connectivity index (χ0) is 23.0. The number of fused-ring (bicyclic) bond motifs is 1. The number of hydrogen-bond acceptors (Lipinski definition) is 5. The monoisotopic (exact) mass is 474 g/mol. The maximum absolute atomic E-state index is 12.7. The van der Waals surface area contributed by atoms with Crippen molar-refractivity contribution in [2.45, 2.75) is 26.8 Å². The molecule has 1 unspecified atom stereocenters. The van der Waals surface area contributed by atoms with Gasteiger partial charge in [-0.1, -0.05) is 23.2 Å². The number of nitrogens with one attached hydrogen (secondary N) is 2. The molecule has 32 heavy (non-hydrogen) atoms. The van der Waals surface area contributed by atoms with Gasteiger partial charge in [-0.05, 0) is 57.2 Å². The van der Waals surface area contributed by atoms with Gasteiger partial charge in [0.05, 0.1) is 21.4 Å². The van der Waals surface area contributed by atoms with Crippen molar-refractivity contribution < 1.29 is 19.1 Å². The maximum atomic E-state index is 12.7. The van der Waals surface area contributed by atoms with Crippen molar-refractivity contribution in [2.75, 3.05) is 17.4 Å². The molecule has 1 atom stereocenters. The lowest BCUT2D eigenvalue weighted by atomic mass is 10.1. The van der Waals surface area contributed by atoms with Gasteiger partial charge in [0.15, 0.2) is 11.5 Å². The molecule has 2 heterocycles. The van der Waals surface area contributed by atoms with E-state index in [1.54, 1.807) is 35.9 Å². The lowest BCUT2D eigenvalue weighted by Gasteiger charge is -2.16. The Kier molecular flexibility index (Phi) is 5.99. The Labute approximate surface area is 194 Å². The molecule has 2 N–H and O–H groups in total. The Morgan fingerprint density at radius 3 is 2.53 bits per heavy atom. The molecule has 10 heteroatoms. The minimum absolute atomic E-state index is 0.0567. The molecule has 0 spiro atoms. The largest absolute Gasteiger partial charge is 0.454 e. The molecule has 0 saturated heterocycles. The quantitative estimate of drug-likeness (QED) is 0.543. The average Bonchev–Trinajstić information content (AvgIpc) is 3.35. The number of ether oxygens (including phenoxy) is 2.